The number of nitrogens with zero attached hydrogens (tertiary/aromatic N) is 2. The maximum absolute atomic E-state index is 5.83. The second-order valence-corrected chi connectivity index (χ2v) is 8.09. The van der Waals surface area contributed by atoms with Crippen LogP contribution in [0, 0.1) is 0 Å². The summed E-state index contributed by atoms with van der Waals surface area (Å²) in [5.74, 6) is 1.68. The molecule has 0 spiro atoms. The first-order valence-electron chi connectivity index (χ1n) is 11.2. The van der Waals surface area contributed by atoms with Gasteiger partial charge in [0, 0.05) is 45.3 Å². The van der Waals surface area contributed by atoms with E-state index in [4.69, 9.17) is 9.47 Å². The van der Waals surface area contributed by atoms with Crippen LogP contribution in [-0.4, -0.2) is 49.8 Å². The molecule has 1 heterocycles. The van der Waals surface area contributed by atoms with E-state index in [2.05, 4.69) is 64.7 Å². The molecule has 2 atom stereocenters. The van der Waals surface area contributed by atoms with E-state index in [9.17, 15) is 0 Å². The lowest BCUT2D eigenvalue weighted by Crippen LogP contribution is -2.44. The Morgan fingerprint density at radius 3 is 2.28 bits per heavy atom. The van der Waals surface area contributed by atoms with Crippen molar-refractivity contribution in [2.45, 2.75) is 52.6 Å². The number of nitrogens with one attached hydrogen (secondary N) is 2. The van der Waals surface area contributed by atoms with E-state index in [1.165, 1.54) is 11.1 Å². The highest BCUT2D eigenvalue weighted by Crippen LogP contribution is 2.17. The summed E-state index contributed by atoms with van der Waals surface area (Å²) in [5.41, 5.74) is 3.67. The van der Waals surface area contributed by atoms with Crippen molar-refractivity contribution in [1.29, 1.82) is 0 Å². The van der Waals surface area contributed by atoms with E-state index in [0.29, 0.717) is 25.4 Å². The fourth-order valence-electron chi connectivity index (χ4n) is 3.97. The average molecular weight is 553 g/mol. The molecule has 2 aromatic carbocycles. The minimum Gasteiger partial charge on any atom is -0.494 e. The van der Waals surface area contributed by atoms with E-state index in [1.54, 1.807) is 7.05 Å². The highest BCUT2D eigenvalue weighted by molar-refractivity contribution is 14.0. The van der Waals surface area contributed by atoms with Gasteiger partial charge in [0.2, 0.25) is 0 Å². The van der Waals surface area contributed by atoms with Gasteiger partial charge in [-0.25, -0.2) is 0 Å². The SMILES string of the molecule is CCOc1ccccc1CNC(=NC)NCc1ccc(CN2CC(C)OC(C)C2)cc1.I. The molecule has 2 aromatic rings. The van der Waals surface area contributed by atoms with Crippen molar-refractivity contribution in [2.75, 3.05) is 26.7 Å². The smallest absolute Gasteiger partial charge is 0.191 e. The molecule has 0 aromatic heterocycles. The van der Waals surface area contributed by atoms with Crippen LogP contribution in [0.4, 0.5) is 0 Å². The Kier molecular flexibility index (Phi) is 11.3. The average Bonchev–Trinajstić information content (AvgIpc) is 2.75. The Hall–Kier alpha value is -1.84. The molecular formula is C25H37IN4O2. The minimum atomic E-state index is 0. The number of aliphatic imine (C=N–C) groups is 1. The second kappa shape index (κ2) is 13.6. The predicted molar refractivity (Wildman–Crippen MR) is 142 cm³/mol. The topological polar surface area (TPSA) is 58.1 Å². The largest absolute Gasteiger partial charge is 0.494 e. The Labute approximate surface area is 209 Å². The molecule has 3 rings (SSSR count). The third-order valence-electron chi connectivity index (χ3n) is 5.33. The van der Waals surface area contributed by atoms with Crippen molar-refractivity contribution in [1.82, 2.24) is 15.5 Å². The normalized spacial score (nSPS) is 19.2. The lowest BCUT2D eigenvalue weighted by molar-refractivity contribution is -0.0704. The van der Waals surface area contributed by atoms with E-state index in [1.807, 2.05) is 25.1 Å². The molecule has 6 nitrogen and oxygen atoms in total. The van der Waals surface area contributed by atoms with Crippen LogP contribution >= 0.6 is 24.0 Å². The molecule has 1 aliphatic rings. The first-order chi connectivity index (χ1) is 15.1. The number of benzene rings is 2. The molecule has 1 aliphatic heterocycles. The second-order valence-electron chi connectivity index (χ2n) is 8.09. The Morgan fingerprint density at radius 2 is 1.62 bits per heavy atom. The number of halogens is 1. The van der Waals surface area contributed by atoms with Crippen molar-refractivity contribution in [2.24, 2.45) is 4.99 Å². The number of rotatable bonds is 8. The van der Waals surface area contributed by atoms with Crippen molar-refractivity contribution in [3.8, 4) is 5.75 Å². The van der Waals surface area contributed by atoms with E-state index in [0.717, 1.165) is 43.5 Å². The Bertz CT molecular complexity index is 834. The van der Waals surface area contributed by atoms with Gasteiger partial charge in [0.15, 0.2) is 5.96 Å². The molecule has 0 aliphatic carbocycles. The molecule has 0 bridgehead atoms. The van der Waals surface area contributed by atoms with Gasteiger partial charge >= 0.3 is 0 Å². The van der Waals surface area contributed by atoms with Crippen molar-refractivity contribution in [3.63, 3.8) is 0 Å². The maximum atomic E-state index is 5.83. The van der Waals surface area contributed by atoms with Crippen molar-refractivity contribution in [3.05, 3.63) is 65.2 Å². The summed E-state index contributed by atoms with van der Waals surface area (Å²) < 4.78 is 11.5. The third-order valence-corrected chi connectivity index (χ3v) is 5.33. The van der Waals surface area contributed by atoms with Crippen molar-refractivity contribution < 1.29 is 9.47 Å². The highest BCUT2D eigenvalue weighted by atomic mass is 127. The summed E-state index contributed by atoms with van der Waals surface area (Å²) in [5, 5.41) is 6.76. The standard InChI is InChI=1S/C25H36N4O2.HI/c1-5-30-24-9-7-6-8-23(24)15-28-25(26-4)27-14-21-10-12-22(13-11-21)18-29-16-19(2)31-20(3)17-29;/h6-13,19-20H,5,14-18H2,1-4H3,(H2,26,27,28);1H. The number of para-hydroxylation sites is 1. The van der Waals surface area contributed by atoms with E-state index < -0.39 is 0 Å². The summed E-state index contributed by atoms with van der Waals surface area (Å²) in [4.78, 5) is 6.81. The van der Waals surface area contributed by atoms with Gasteiger partial charge in [0.25, 0.3) is 0 Å². The van der Waals surface area contributed by atoms with E-state index in [-0.39, 0.29) is 24.0 Å². The zero-order valence-corrected chi connectivity index (χ0v) is 22.0. The molecule has 32 heavy (non-hydrogen) atoms. The summed E-state index contributed by atoms with van der Waals surface area (Å²) in [6.45, 7) is 11.3. The zero-order chi connectivity index (χ0) is 22.1. The molecule has 7 heteroatoms. The first-order valence-corrected chi connectivity index (χ1v) is 11.2. The molecule has 0 amide bonds. The van der Waals surface area contributed by atoms with Gasteiger partial charge in [0.1, 0.15) is 5.75 Å². The zero-order valence-electron chi connectivity index (χ0n) is 19.6. The number of morpholine rings is 1. The van der Waals surface area contributed by atoms with Gasteiger partial charge in [-0.15, -0.1) is 24.0 Å². The van der Waals surface area contributed by atoms with Crippen LogP contribution in [0.2, 0.25) is 0 Å². The number of ether oxygens (including phenoxy) is 2. The molecule has 0 radical (unpaired) electrons. The summed E-state index contributed by atoms with van der Waals surface area (Å²) in [6.07, 6.45) is 0.596. The Morgan fingerprint density at radius 1 is 1.00 bits per heavy atom. The number of hydrogen-bond acceptors (Lipinski definition) is 4. The molecule has 1 saturated heterocycles. The van der Waals surface area contributed by atoms with Crippen LogP contribution in [0.25, 0.3) is 0 Å². The van der Waals surface area contributed by atoms with Crippen LogP contribution in [0.1, 0.15) is 37.5 Å². The Balaban J connectivity index is 0.00000363. The van der Waals surface area contributed by atoms with Gasteiger partial charge in [-0.3, -0.25) is 9.89 Å². The highest BCUT2D eigenvalue weighted by Gasteiger charge is 2.21. The fourth-order valence-corrected chi connectivity index (χ4v) is 3.97. The molecule has 176 valence electrons. The van der Waals surface area contributed by atoms with Crippen LogP contribution in [0.5, 0.6) is 5.75 Å². The molecule has 1 fully saturated rings. The quantitative estimate of drug-likeness (QED) is 0.293. The first kappa shape index (κ1) is 26.4. The molecule has 2 N–H and O–H groups in total. The third kappa shape index (κ3) is 8.26. The fraction of sp³-hybridized carbons (Fsp3) is 0.480. The van der Waals surface area contributed by atoms with Gasteiger partial charge in [-0.05, 0) is 38.0 Å². The van der Waals surface area contributed by atoms with Gasteiger partial charge < -0.3 is 20.1 Å². The van der Waals surface area contributed by atoms with E-state index >= 15 is 0 Å². The van der Waals surface area contributed by atoms with Gasteiger partial charge in [-0.2, -0.15) is 0 Å². The van der Waals surface area contributed by atoms with Crippen LogP contribution in [0.15, 0.2) is 53.5 Å². The number of guanidine groups is 1. The van der Waals surface area contributed by atoms with Gasteiger partial charge in [0.05, 0.1) is 18.8 Å². The molecule has 0 saturated carbocycles. The monoisotopic (exact) mass is 552 g/mol. The summed E-state index contributed by atoms with van der Waals surface area (Å²) in [7, 11) is 1.79. The van der Waals surface area contributed by atoms with Crippen LogP contribution < -0.4 is 15.4 Å². The molecular weight excluding hydrogens is 515 g/mol. The van der Waals surface area contributed by atoms with Gasteiger partial charge in [-0.1, -0.05) is 42.5 Å². The number of hydrogen-bond donors (Lipinski definition) is 2. The lowest BCUT2D eigenvalue weighted by atomic mass is 10.1. The molecule has 2 unspecified atom stereocenters. The maximum Gasteiger partial charge on any atom is 0.191 e. The summed E-state index contributed by atoms with van der Waals surface area (Å²) in [6, 6.07) is 16.9. The summed E-state index contributed by atoms with van der Waals surface area (Å²) >= 11 is 0. The van der Waals surface area contributed by atoms with Crippen molar-refractivity contribution >= 4 is 29.9 Å². The van der Waals surface area contributed by atoms with Crippen LogP contribution in [0.3, 0.4) is 0 Å². The van der Waals surface area contributed by atoms with Crippen LogP contribution in [-0.2, 0) is 24.4 Å². The minimum absolute atomic E-state index is 0. The lowest BCUT2D eigenvalue weighted by Gasteiger charge is -2.35. The predicted octanol–water partition coefficient (Wildman–Crippen LogP) is 4.18.